The predicted octanol–water partition coefficient (Wildman–Crippen LogP) is 1.90. The summed E-state index contributed by atoms with van der Waals surface area (Å²) in [5.74, 6) is 0.755. The Hall–Kier alpha value is -0.710. The summed E-state index contributed by atoms with van der Waals surface area (Å²) in [7, 11) is 0. The van der Waals surface area contributed by atoms with Gasteiger partial charge in [-0.05, 0) is 12.1 Å². The number of amides is 1. The molecule has 0 radical (unpaired) electrons. The Bertz CT molecular complexity index is 347. The van der Waals surface area contributed by atoms with Crippen molar-refractivity contribution >= 4 is 29.3 Å². The van der Waals surface area contributed by atoms with Gasteiger partial charge in [-0.3, -0.25) is 4.79 Å². The second kappa shape index (κ2) is 7.54. The lowest BCUT2D eigenvalue weighted by molar-refractivity contribution is -0.120. The van der Waals surface area contributed by atoms with Crippen molar-refractivity contribution in [1.82, 2.24) is 5.32 Å². The molecule has 0 unspecified atom stereocenters. The fraction of sp³-hybridized carbons (Fsp3) is 0.364. The van der Waals surface area contributed by atoms with Crippen molar-refractivity contribution < 1.29 is 4.79 Å². The second-order valence-corrected chi connectivity index (χ2v) is 4.71. The maximum atomic E-state index is 11.3. The molecule has 0 saturated heterocycles. The van der Waals surface area contributed by atoms with Gasteiger partial charge in [0.1, 0.15) is 0 Å². The SMILES string of the molecule is NCCNC(=O)CCSc1ccccc1Cl. The Balaban J connectivity index is 2.25. The van der Waals surface area contributed by atoms with E-state index < -0.39 is 0 Å². The largest absolute Gasteiger partial charge is 0.355 e. The summed E-state index contributed by atoms with van der Waals surface area (Å²) in [6.07, 6.45) is 0.482. The van der Waals surface area contributed by atoms with Crippen molar-refractivity contribution in [1.29, 1.82) is 0 Å². The molecule has 16 heavy (non-hydrogen) atoms. The van der Waals surface area contributed by atoms with E-state index in [-0.39, 0.29) is 5.91 Å². The van der Waals surface area contributed by atoms with Gasteiger partial charge in [-0.15, -0.1) is 11.8 Å². The van der Waals surface area contributed by atoms with Crippen LogP contribution in [0.3, 0.4) is 0 Å². The van der Waals surface area contributed by atoms with Gasteiger partial charge in [0, 0.05) is 30.2 Å². The van der Waals surface area contributed by atoms with Crippen LogP contribution in [0, 0.1) is 0 Å². The molecule has 0 spiro atoms. The van der Waals surface area contributed by atoms with Crippen LogP contribution >= 0.6 is 23.4 Å². The first-order chi connectivity index (χ1) is 7.74. The molecule has 0 aliphatic carbocycles. The summed E-state index contributed by atoms with van der Waals surface area (Å²) in [5, 5.41) is 3.45. The molecule has 5 heteroatoms. The topological polar surface area (TPSA) is 55.1 Å². The molecule has 0 bridgehead atoms. The van der Waals surface area contributed by atoms with Gasteiger partial charge in [0.15, 0.2) is 0 Å². The minimum absolute atomic E-state index is 0.0324. The van der Waals surface area contributed by atoms with E-state index in [0.717, 1.165) is 15.7 Å². The normalized spacial score (nSPS) is 10.1. The molecule has 0 atom stereocenters. The van der Waals surface area contributed by atoms with Crippen molar-refractivity contribution in [3.05, 3.63) is 29.3 Å². The number of carbonyl (C=O) groups is 1. The fourth-order valence-electron chi connectivity index (χ4n) is 1.12. The van der Waals surface area contributed by atoms with Gasteiger partial charge in [0.05, 0.1) is 5.02 Å². The number of nitrogens with two attached hydrogens (primary N) is 1. The Morgan fingerprint density at radius 1 is 1.44 bits per heavy atom. The number of nitrogens with one attached hydrogen (secondary N) is 1. The molecule has 0 aliphatic heterocycles. The average Bonchev–Trinajstić information content (AvgIpc) is 2.29. The number of rotatable bonds is 6. The van der Waals surface area contributed by atoms with Crippen LogP contribution in [0.25, 0.3) is 0 Å². The third kappa shape index (κ3) is 4.88. The highest BCUT2D eigenvalue weighted by Gasteiger charge is 2.03. The van der Waals surface area contributed by atoms with Crippen LogP contribution in [-0.4, -0.2) is 24.7 Å². The molecule has 0 fully saturated rings. The number of thioether (sulfide) groups is 1. The molecular formula is C11H15ClN2OS. The molecule has 3 nitrogen and oxygen atoms in total. The molecule has 1 aromatic rings. The Labute approximate surface area is 105 Å². The summed E-state index contributed by atoms with van der Waals surface area (Å²) in [4.78, 5) is 12.3. The van der Waals surface area contributed by atoms with Crippen molar-refractivity contribution in [2.24, 2.45) is 5.73 Å². The molecule has 1 aromatic carbocycles. The zero-order valence-corrected chi connectivity index (χ0v) is 10.5. The summed E-state index contributed by atoms with van der Waals surface area (Å²) in [6, 6.07) is 7.62. The molecule has 0 saturated carbocycles. The predicted molar refractivity (Wildman–Crippen MR) is 68.9 cm³/mol. The van der Waals surface area contributed by atoms with Crippen LogP contribution in [0.15, 0.2) is 29.2 Å². The first kappa shape index (κ1) is 13.4. The van der Waals surface area contributed by atoms with E-state index in [4.69, 9.17) is 17.3 Å². The zero-order valence-electron chi connectivity index (χ0n) is 8.91. The standard InChI is InChI=1S/C11H15ClN2OS/c12-9-3-1-2-4-10(9)16-8-5-11(15)14-7-6-13/h1-4H,5-8,13H2,(H,14,15). The molecule has 1 rings (SSSR count). The quantitative estimate of drug-likeness (QED) is 0.767. The highest BCUT2D eigenvalue weighted by molar-refractivity contribution is 7.99. The van der Waals surface area contributed by atoms with Gasteiger partial charge in [-0.1, -0.05) is 23.7 Å². The minimum atomic E-state index is 0.0324. The highest BCUT2D eigenvalue weighted by atomic mass is 35.5. The third-order valence-electron chi connectivity index (χ3n) is 1.89. The smallest absolute Gasteiger partial charge is 0.220 e. The van der Waals surface area contributed by atoms with E-state index in [1.165, 1.54) is 0 Å². The maximum absolute atomic E-state index is 11.3. The molecule has 0 aromatic heterocycles. The molecular weight excluding hydrogens is 244 g/mol. The van der Waals surface area contributed by atoms with Crippen molar-refractivity contribution in [2.75, 3.05) is 18.8 Å². The first-order valence-corrected chi connectivity index (χ1v) is 6.44. The van der Waals surface area contributed by atoms with E-state index in [9.17, 15) is 4.79 Å². The summed E-state index contributed by atoms with van der Waals surface area (Å²) >= 11 is 7.57. The van der Waals surface area contributed by atoms with Gasteiger partial charge >= 0.3 is 0 Å². The maximum Gasteiger partial charge on any atom is 0.220 e. The van der Waals surface area contributed by atoms with E-state index in [2.05, 4.69) is 5.32 Å². The third-order valence-corrected chi connectivity index (χ3v) is 3.41. The lowest BCUT2D eigenvalue weighted by Gasteiger charge is -2.04. The minimum Gasteiger partial charge on any atom is -0.355 e. The van der Waals surface area contributed by atoms with E-state index in [1.54, 1.807) is 11.8 Å². The van der Waals surface area contributed by atoms with Crippen LogP contribution in [0.5, 0.6) is 0 Å². The number of carbonyl (C=O) groups excluding carboxylic acids is 1. The van der Waals surface area contributed by atoms with Gasteiger partial charge < -0.3 is 11.1 Å². The van der Waals surface area contributed by atoms with Crippen LogP contribution in [0.4, 0.5) is 0 Å². The number of hydrogen-bond donors (Lipinski definition) is 2. The van der Waals surface area contributed by atoms with Crippen molar-refractivity contribution in [2.45, 2.75) is 11.3 Å². The average molecular weight is 259 g/mol. The van der Waals surface area contributed by atoms with Gasteiger partial charge in [0.2, 0.25) is 5.91 Å². The van der Waals surface area contributed by atoms with Crippen molar-refractivity contribution in [3.63, 3.8) is 0 Å². The Morgan fingerprint density at radius 2 is 2.19 bits per heavy atom. The summed E-state index contributed by atoms with van der Waals surface area (Å²) < 4.78 is 0. The van der Waals surface area contributed by atoms with Gasteiger partial charge in [-0.2, -0.15) is 0 Å². The second-order valence-electron chi connectivity index (χ2n) is 3.17. The first-order valence-electron chi connectivity index (χ1n) is 5.08. The molecule has 1 amide bonds. The van der Waals surface area contributed by atoms with E-state index in [0.29, 0.717) is 19.5 Å². The molecule has 0 heterocycles. The summed E-state index contributed by atoms with van der Waals surface area (Å²) in [5.41, 5.74) is 5.28. The van der Waals surface area contributed by atoms with E-state index in [1.807, 2.05) is 24.3 Å². The highest BCUT2D eigenvalue weighted by Crippen LogP contribution is 2.26. The molecule has 3 N–H and O–H groups in total. The monoisotopic (exact) mass is 258 g/mol. The van der Waals surface area contributed by atoms with Crippen LogP contribution in [0.1, 0.15) is 6.42 Å². The van der Waals surface area contributed by atoms with Gasteiger partial charge in [0.25, 0.3) is 0 Å². The molecule has 0 aliphatic rings. The number of hydrogen-bond acceptors (Lipinski definition) is 3. The molecule has 88 valence electrons. The van der Waals surface area contributed by atoms with Crippen LogP contribution < -0.4 is 11.1 Å². The van der Waals surface area contributed by atoms with Crippen LogP contribution in [-0.2, 0) is 4.79 Å². The fourth-order valence-corrected chi connectivity index (χ4v) is 2.30. The summed E-state index contributed by atoms with van der Waals surface area (Å²) in [6.45, 7) is 1.01. The lowest BCUT2D eigenvalue weighted by Crippen LogP contribution is -2.29. The van der Waals surface area contributed by atoms with Crippen LogP contribution in [0.2, 0.25) is 5.02 Å². The number of halogens is 1. The lowest BCUT2D eigenvalue weighted by atomic mass is 10.4. The van der Waals surface area contributed by atoms with Crippen molar-refractivity contribution in [3.8, 4) is 0 Å². The zero-order chi connectivity index (χ0) is 11.8. The Kier molecular flexibility index (Phi) is 6.30. The van der Waals surface area contributed by atoms with Gasteiger partial charge in [-0.25, -0.2) is 0 Å². The number of benzene rings is 1. The van der Waals surface area contributed by atoms with E-state index >= 15 is 0 Å². The Morgan fingerprint density at radius 3 is 2.88 bits per heavy atom.